The fourth-order valence-corrected chi connectivity index (χ4v) is 5.00. The summed E-state index contributed by atoms with van der Waals surface area (Å²) < 4.78 is 5.47. The van der Waals surface area contributed by atoms with Crippen LogP contribution in [0.15, 0.2) is 29.1 Å². The molecule has 0 unspecified atom stereocenters. The first-order chi connectivity index (χ1) is 15.1. The lowest BCUT2D eigenvalue weighted by atomic mass is 9.84. The highest BCUT2D eigenvalue weighted by Crippen LogP contribution is 2.32. The molecule has 1 N–H and O–H groups in total. The maximum absolute atomic E-state index is 12.9. The van der Waals surface area contributed by atoms with E-state index in [1.54, 1.807) is 7.11 Å². The number of nitrogens with one attached hydrogen (secondary N) is 1. The molecule has 1 saturated heterocycles. The van der Waals surface area contributed by atoms with Crippen molar-refractivity contribution in [3.05, 3.63) is 57.3 Å². The quantitative estimate of drug-likeness (QED) is 0.801. The highest BCUT2D eigenvalue weighted by Gasteiger charge is 2.35. The van der Waals surface area contributed by atoms with Crippen LogP contribution in [-0.4, -0.2) is 52.4 Å². The van der Waals surface area contributed by atoms with Crippen molar-refractivity contribution in [2.75, 3.05) is 26.7 Å². The number of likely N-dealkylation sites (tertiary alicyclic amines) is 1. The van der Waals surface area contributed by atoms with Gasteiger partial charge in [-0.15, -0.1) is 0 Å². The fraction of sp³-hybridized carbons (Fsp3) is 0.542. The normalized spacial score (nSPS) is 21.6. The number of para-hydroxylation sites is 1. The summed E-state index contributed by atoms with van der Waals surface area (Å²) in [7, 11) is 1.68. The molecule has 1 aromatic heterocycles. The summed E-state index contributed by atoms with van der Waals surface area (Å²) in [5.74, 6) is 2.28. The molecule has 1 atom stereocenters. The minimum atomic E-state index is -0.0338. The van der Waals surface area contributed by atoms with Gasteiger partial charge in [-0.05, 0) is 25.3 Å². The van der Waals surface area contributed by atoms with Crippen LogP contribution >= 0.6 is 0 Å². The van der Waals surface area contributed by atoms with Crippen molar-refractivity contribution in [1.29, 1.82) is 0 Å². The molecule has 2 aliphatic heterocycles. The number of hydrogen-bond donors (Lipinski definition) is 1. The largest absolute Gasteiger partial charge is 0.496 e. The Kier molecular flexibility index (Phi) is 5.52. The van der Waals surface area contributed by atoms with Crippen LogP contribution in [0.2, 0.25) is 0 Å². The second-order valence-electron chi connectivity index (χ2n) is 9.05. The Labute approximate surface area is 182 Å². The predicted octanol–water partition coefficient (Wildman–Crippen LogP) is 2.45. The lowest BCUT2D eigenvalue weighted by Gasteiger charge is -2.29. The molecular formula is C24H30N4O3. The Bertz CT molecular complexity index is 1030. The van der Waals surface area contributed by atoms with E-state index in [9.17, 15) is 9.59 Å². The number of aromatic nitrogens is 2. The predicted molar refractivity (Wildman–Crippen MR) is 117 cm³/mol. The van der Waals surface area contributed by atoms with E-state index < -0.39 is 0 Å². The van der Waals surface area contributed by atoms with Crippen molar-refractivity contribution in [1.82, 2.24) is 19.8 Å². The first-order valence-electron chi connectivity index (χ1n) is 11.4. The Morgan fingerprint density at radius 3 is 2.84 bits per heavy atom. The van der Waals surface area contributed by atoms with Crippen molar-refractivity contribution in [2.45, 2.75) is 51.1 Å². The van der Waals surface area contributed by atoms with Gasteiger partial charge in [-0.1, -0.05) is 24.6 Å². The second kappa shape index (κ2) is 8.46. The molecule has 2 fully saturated rings. The van der Waals surface area contributed by atoms with E-state index in [0.717, 1.165) is 73.7 Å². The first kappa shape index (κ1) is 20.2. The molecule has 1 saturated carbocycles. The van der Waals surface area contributed by atoms with E-state index in [1.165, 1.54) is 6.42 Å². The number of amides is 1. The van der Waals surface area contributed by atoms with Gasteiger partial charge in [0.05, 0.1) is 18.4 Å². The smallest absolute Gasteiger partial charge is 0.255 e. The molecule has 1 aliphatic carbocycles. The SMILES string of the molecule is COc1ccccc1CN1CCc2nc([C@@H]3CCN(C(=O)C4CCC4)C3)[nH]c(=O)c2C1. The highest BCUT2D eigenvalue weighted by molar-refractivity contribution is 5.80. The fourth-order valence-electron chi connectivity index (χ4n) is 5.00. The van der Waals surface area contributed by atoms with Crippen LogP contribution in [0.3, 0.4) is 0 Å². The molecule has 1 aromatic carbocycles. The van der Waals surface area contributed by atoms with Crippen LogP contribution in [0.25, 0.3) is 0 Å². The third kappa shape index (κ3) is 3.99. The number of H-pyrrole nitrogens is 1. The monoisotopic (exact) mass is 422 g/mol. The summed E-state index contributed by atoms with van der Waals surface area (Å²) in [6.45, 7) is 3.64. The standard InChI is InChI=1S/C24H30N4O3/c1-31-21-8-3-2-5-17(21)13-27-11-10-20-19(15-27)23(29)26-22(25-20)18-9-12-28(14-18)24(30)16-6-4-7-16/h2-3,5,8,16,18H,4,6-7,9-15H2,1H3,(H,25,26,29)/t18-/m1/s1. The van der Waals surface area contributed by atoms with Crippen LogP contribution in [-0.2, 0) is 24.3 Å². The van der Waals surface area contributed by atoms with Crippen LogP contribution in [0, 0.1) is 5.92 Å². The number of methoxy groups -OCH3 is 1. The summed E-state index contributed by atoms with van der Waals surface area (Å²) >= 11 is 0. The van der Waals surface area contributed by atoms with Gasteiger partial charge in [0.25, 0.3) is 5.56 Å². The van der Waals surface area contributed by atoms with Gasteiger partial charge in [-0.25, -0.2) is 4.98 Å². The molecule has 7 heteroatoms. The van der Waals surface area contributed by atoms with E-state index in [0.29, 0.717) is 19.0 Å². The molecule has 5 rings (SSSR count). The number of fused-ring (bicyclic) bond motifs is 1. The van der Waals surface area contributed by atoms with E-state index in [1.807, 2.05) is 23.1 Å². The van der Waals surface area contributed by atoms with Gasteiger partial charge in [-0.2, -0.15) is 0 Å². The molecule has 1 amide bonds. The number of rotatable bonds is 5. The third-order valence-electron chi connectivity index (χ3n) is 7.09. The number of hydrogen-bond acceptors (Lipinski definition) is 5. The van der Waals surface area contributed by atoms with Gasteiger partial charge in [0.1, 0.15) is 11.6 Å². The number of nitrogens with zero attached hydrogens (tertiary/aromatic N) is 3. The number of carbonyl (C=O) groups excluding carboxylic acids is 1. The van der Waals surface area contributed by atoms with Crippen molar-refractivity contribution in [3.8, 4) is 5.75 Å². The van der Waals surface area contributed by atoms with Gasteiger partial charge in [0, 0.05) is 56.5 Å². The minimum absolute atomic E-state index is 0.0338. The van der Waals surface area contributed by atoms with Gasteiger partial charge in [0.15, 0.2) is 0 Å². The summed E-state index contributed by atoms with van der Waals surface area (Å²) in [6, 6.07) is 8.01. The highest BCUT2D eigenvalue weighted by atomic mass is 16.5. The summed E-state index contributed by atoms with van der Waals surface area (Å²) in [4.78, 5) is 37.6. The van der Waals surface area contributed by atoms with Gasteiger partial charge < -0.3 is 14.6 Å². The average Bonchev–Trinajstić information content (AvgIpc) is 3.24. The maximum Gasteiger partial charge on any atom is 0.255 e. The van der Waals surface area contributed by atoms with E-state index in [4.69, 9.17) is 9.72 Å². The summed E-state index contributed by atoms with van der Waals surface area (Å²) in [5.41, 5.74) is 2.77. The van der Waals surface area contributed by atoms with Gasteiger partial charge >= 0.3 is 0 Å². The minimum Gasteiger partial charge on any atom is -0.496 e. The van der Waals surface area contributed by atoms with Crippen LogP contribution < -0.4 is 10.3 Å². The van der Waals surface area contributed by atoms with E-state index in [2.05, 4.69) is 16.0 Å². The zero-order valence-electron chi connectivity index (χ0n) is 18.1. The third-order valence-corrected chi connectivity index (χ3v) is 7.09. The van der Waals surface area contributed by atoms with Crippen LogP contribution in [0.1, 0.15) is 54.2 Å². The molecule has 0 spiro atoms. The Hall–Kier alpha value is -2.67. The van der Waals surface area contributed by atoms with Crippen molar-refractivity contribution in [3.63, 3.8) is 0 Å². The second-order valence-corrected chi connectivity index (χ2v) is 9.05. The number of carbonyl (C=O) groups is 1. The Morgan fingerprint density at radius 2 is 2.06 bits per heavy atom. The van der Waals surface area contributed by atoms with Crippen molar-refractivity contribution < 1.29 is 9.53 Å². The molecule has 3 aliphatic rings. The van der Waals surface area contributed by atoms with Gasteiger partial charge in [0.2, 0.25) is 5.91 Å². The molecule has 2 aromatic rings. The zero-order chi connectivity index (χ0) is 21.4. The lowest BCUT2D eigenvalue weighted by molar-refractivity contribution is -0.137. The molecule has 0 bridgehead atoms. The molecule has 164 valence electrons. The van der Waals surface area contributed by atoms with Crippen LogP contribution in [0.5, 0.6) is 5.75 Å². The topological polar surface area (TPSA) is 78.5 Å². The van der Waals surface area contributed by atoms with Gasteiger partial charge in [-0.3, -0.25) is 14.5 Å². The van der Waals surface area contributed by atoms with E-state index >= 15 is 0 Å². The van der Waals surface area contributed by atoms with Crippen LogP contribution in [0.4, 0.5) is 0 Å². The Balaban J connectivity index is 1.28. The van der Waals surface area contributed by atoms with E-state index in [-0.39, 0.29) is 17.4 Å². The molecule has 3 heterocycles. The van der Waals surface area contributed by atoms with Crippen molar-refractivity contribution >= 4 is 5.91 Å². The average molecular weight is 423 g/mol. The zero-order valence-corrected chi connectivity index (χ0v) is 18.1. The molecular weight excluding hydrogens is 392 g/mol. The Morgan fingerprint density at radius 1 is 1.23 bits per heavy atom. The van der Waals surface area contributed by atoms with Crippen molar-refractivity contribution in [2.24, 2.45) is 5.92 Å². The maximum atomic E-state index is 12.9. The summed E-state index contributed by atoms with van der Waals surface area (Å²) in [6.07, 6.45) is 4.86. The molecule has 7 nitrogen and oxygen atoms in total. The number of benzene rings is 1. The molecule has 31 heavy (non-hydrogen) atoms. The number of aromatic amines is 1. The molecule has 0 radical (unpaired) electrons. The summed E-state index contributed by atoms with van der Waals surface area (Å²) in [5, 5.41) is 0. The first-order valence-corrected chi connectivity index (χ1v) is 11.4. The lowest BCUT2D eigenvalue weighted by Crippen LogP contribution is -2.38. The number of ether oxygens (including phenoxy) is 1.